The van der Waals surface area contributed by atoms with Crippen LogP contribution in [0.2, 0.25) is 0 Å². The minimum Gasteiger partial charge on any atom is -0.340 e. The maximum absolute atomic E-state index is 13.0. The summed E-state index contributed by atoms with van der Waals surface area (Å²) in [5.41, 5.74) is 3.22. The Morgan fingerprint density at radius 3 is 2.28 bits per heavy atom. The fourth-order valence-electron chi connectivity index (χ4n) is 3.45. The molecule has 126 valence electrons. The summed E-state index contributed by atoms with van der Waals surface area (Å²) >= 11 is 0. The Hall–Kier alpha value is -2.79. The molecule has 25 heavy (non-hydrogen) atoms. The van der Waals surface area contributed by atoms with Crippen molar-refractivity contribution in [3.63, 3.8) is 0 Å². The van der Waals surface area contributed by atoms with Crippen molar-refractivity contribution in [3.8, 4) is 0 Å². The molecule has 5 heteroatoms. The zero-order chi connectivity index (χ0) is 17.6. The molecule has 1 aliphatic carbocycles. The number of imidazole rings is 1. The number of hydrogen-bond acceptors (Lipinski definition) is 4. The molecule has 4 rings (SSSR count). The lowest BCUT2D eigenvalue weighted by molar-refractivity contribution is 0.0980. The van der Waals surface area contributed by atoms with E-state index in [2.05, 4.69) is 28.7 Å². The molecule has 0 spiro atoms. The molecule has 1 aliphatic rings. The Kier molecular flexibility index (Phi) is 3.73. The Morgan fingerprint density at radius 1 is 0.920 bits per heavy atom. The molecule has 0 saturated heterocycles. The van der Waals surface area contributed by atoms with Crippen LogP contribution in [0.15, 0.2) is 36.4 Å². The molecule has 0 aliphatic heterocycles. The van der Waals surface area contributed by atoms with E-state index in [1.807, 2.05) is 6.07 Å². The van der Waals surface area contributed by atoms with Crippen molar-refractivity contribution in [2.24, 2.45) is 0 Å². The second-order valence-corrected chi connectivity index (χ2v) is 6.23. The number of carbonyl (C=O) groups excluding carboxylic acids is 2. The maximum atomic E-state index is 13.0. The summed E-state index contributed by atoms with van der Waals surface area (Å²) in [6.07, 6.45) is 0. The first-order valence-electron chi connectivity index (χ1n) is 8.56. The second kappa shape index (κ2) is 5.93. The lowest BCUT2D eigenvalue weighted by atomic mass is 9.83. The van der Waals surface area contributed by atoms with E-state index < -0.39 is 0 Å². The van der Waals surface area contributed by atoms with Crippen LogP contribution < -0.4 is 0 Å². The SMILES string of the molecule is CCN(CC)Cc1nc2ccc3c(c2[nH]1)C(=O)c1ccccc1C3=O. The second-order valence-electron chi connectivity index (χ2n) is 6.23. The number of fused-ring (bicyclic) bond motifs is 4. The van der Waals surface area contributed by atoms with Gasteiger partial charge in [-0.3, -0.25) is 14.5 Å². The van der Waals surface area contributed by atoms with E-state index in [1.54, 1.807) is 30.3 Å². The van der Waals surface area contributed by atoms with E-state index in [0.717, 1.165) is 24.4 Å². The average Bonchev–Trinajstić information content (AvgIpc) is 3.06. The monoisotopic (exact) mass is 333 g/mol. The fraction of sp³-hybridized carbons (Fsp3) is 0.250. The fourth-order valence-corrected chi connectivity index (χ4v) is 3.45. The summed E-state index contributed by atoms with van der Waals surface area (Å²) in [4.78, 5) is 35.9. The van der Waals surface area contributed by atoms with Gasteiger partial charge in [-0.15, -0.1) is 0 Å². The lowest BCUT2D eigenvalue weighted by Crippen LogP contribution is -2.22. The van der Waals surface area contributed by atoms with Crippen molar-refractivity contribution in [2.45, 2.75) is 20.4 Å². The first-order chi connectivity index (χ1) is 12.1. The van der Waals surface area contributed by atoms with Gasteiger partial charge in [-0.1, -0.05) is 38.1 Å². The van der Waals surface area contributed by atoms with Crippen LogP contribution in [0.4, 0.5) is 0 Å². The number of ketones is 2. The number of benzene rings is 2. The van der Waals surface area contributed by atoms with Crippen LogP contribution in [-0.2, 0) is 6.54 Å². The number of H-pyrrole nitrogens is 1. The Morgan fingerprint density at radius 2 is 1.60 bits per heavy atom. The highest BCUT2D eigenvalue weighted by Gasteiger charge is 2.31. The number of aromatic nitrogens is 2. The van der Waals surface area contributed by atoms with Gasteiger partial charge < -0.3 is 4.98 Å². The number of aromatic amines is 1. The summed E-state index contributed by atoms with van der Waals surface area (Å²) < 4.78 is 0. The van der Waals surface area contributed by atoms with Gasteiger partial charge in [-0.05, 0) is 25.2 Å². The third-order valence-corrected chi connectivity index (χ3v) is 4.86. The van der Waals surface area contributed by atoms with Crippen molar-refractivity contribution in [1.29, 1.82) is 0 Å². The zero-order valence-corrected chi connectivity index (χ0v) is 14.3. The smallest absolute Gasteiger partial charge is 0.196 e. The molecule has 2 aromatic carbocycles. The Balaban J connectivity index is 1.87. The van der Waals surface area contributed by atoms with Crippen molar-refractivity contribution >= 4 is 22.6 Å². The summed E-state index contributed by atoms with van der Waals surface area (Å²) in [6, 6.07) is 10.5. The average molecular weight is 333 g/mol. The van der Waals surface area contributed by atoms with Crippen LogP contribution in [0, 0.1) is 0 Å². The van der Waals surface area contributed by atoms with Gasteiger partial charge in [0.25, 0.3) is 0 Å². The van der Waals surface area contributed by atoms with Gasteiger partial charge in [0.1, 0.15) is 5.82 Å². The van der Waals surface area contributed by atoms with Crippen LogP contribution in [0.25, 0.3) is 11.0 Å². The topological polar surface area (TPSA) is 66.1 Å². The third-order valence-electron chi connectivity index (χ3n) is 4.86. The normalized spacial score (nSPS) is 13.4. The van der Waals surface area contributed by atoms with E-state index in [1.165, 1.54) is 0 Å². The summed E-state index contributed by atoms with van der Waals surface area (Å²) in [5.74, 6) is 0.590. The molecular formula is C20H19N3O2. The van der Waals surface area contributed by atoms with Crippen LogP contribution in [0.3, 0.4) is 0 Å². The van der Waals surface area contributed by atoms with Crippen LogP contribution in [-0.4, -0.2) is 39.5 Å². The number of nitrogens with zero attached hydrogens (tertiary/aromatic N) is 2. The molecule has 0 unspecified atom stereocenters. The molecule has 0 atom stereocenters. The van der Waals surface area contributed by atoms with Gasteiger partial charge in [0.2, 0.25) is 0 Å². The number of nitrogens with one attached hydrogen (secondary N) is 1. The molecule has 3 aromatic rings. The highest BCUT2D eigenvalue weighted by atomic mass is 16.1. The predicted octanol–water partition coefficient (Wildman–Crippen LogP) is 3.18. The summed E-state index contributed by atoms with van der Waals surface area (Å²) in [7, 11) is 0. The van der Waals surface area contributed by atoms with Crippen LogP contribution in [0.5, 0.6) is 0 Å². The molecular weight excluding hydrogens is 314 g/mol. The highest BCUT2D eigenvalue weighted by Crippen LogP contribution is 2.31. The van der Waals surface area contributed by atoms with E-state index >= 15 is 0 Å². The molecule has 1 aromatic heterocycles. The largest absolute Gasteiger partial charge is 0.340 e. The van der Waals surface area contributed by atoms with E-state index in [9.17, 15) is 9.59 Å². The van der Waals surface area contributed by atoms with Crippen molar-refractivity contribution in [3.05, 3.63) is 64.5 Å². The molecule has 0 saturated carbocycles. The first kappa shape index (κ1) is 15.7. The molecule has 0 bridgehead atoms. The van der Waals surface area contributed by atoms with E-state index in [4.69, 9.17) is 0 Å². The zero-order valence-electron chi connectivity index (χ0n) is 14.3. The van der Waals surface area contributed by atoms with Crippen LogP contribution >= 0.6 is 0 Å². The van der Waals surface area contributed by atoms with Crippen molar-refractivity contribution < 1.29 is 9.59 Å². The van der Waals surface area contributed by atoms with Gasteiger partial charge in [-0.25, -0.2) is 4.98 Å². The number of hydrogen-bond donors (Lipinski definition) is 1. The maximum Gasteiger partial charge on any atom is 0.196 e. The highest BCUT2D eigenvalue weighted by molar-refractivity contribution is 6.31. The van der Waals surface area contributed by atoms with Crippen LogP contribution in [0.1, 0.15) is 51.5 Å². The van der Waals surface area contributed by atoms with Gasteiger partial charge in [0.05, 0.1) is 23.1 Å². The molecule has 0 radical (unpaired) electrons. The minimum atomic E-state index is -0.117. The standard InChI is InChI=1S/C20H19N3O2/c1-3-23(4-2)11-16-21-15-10-9-14-17(18(15)22-16)20(25)13-8-6-5-7-12(13)19(14)24/h5-10H,3-4,11H2,1-2H3,(H,21,22). The molecule has 1 heterocycles. The first-order valence-corrected chi connectivity index (χ1v) is 8.56. The molecule has 0 fully saturated rings. The van der Waals surface area contributed by atoms with E-state index in [0.29, 0.717) is 34.3 Å². The van der Waals surface area contributed by atoms with Crippen molar-refractivity contribution in [2.75, 3.05) is 13.1 Å². The molecule has 5 nitrogen and oxygen atoms in total. The third kappa shape index (κ3) is 2.39. The Bertz CT molecular complexity index is 999. The van der Waals surface area contributed by atoms with Crippen molar-refractivity contribution in [1.82, 2.24) is 14.9 Å². The quantitative estimate of drug-likeness (QED) is 0.623. The predicted molar refractivity (Wildman–Crippen MR) is 96.0 cm³/mol. The summed E-state index contributed by atoms with van der Waals surface area (Å²) in [5, 5.41) is 0. The Labute approximate surface area is 145 Å². The lowest BCUT2D eigenvalue weighted by Gasteiger charge is -2.17. The van der Waals surface area contributed by atoms with Gasteiger partial charge in [0, 0.05) is 16.7 Å². The van der Waals surface area contributed by atoms with Gasteiger partial charge in [-0.2, -0.15) is 0 Å². The molecule has 0 amide bonds. The number of rotatable bonds is 4. The number of carbonyl (C=O) groups is 2. The molecule has 1 N–H and O–H groups in total. The minimum absolute atomic E-state index is 0.105. The summed E-state index contributed by atoms with van der Waals surface area (Å²) in [6.45, 7) is 6.75. The van der Waals surface area contributed by atoms with Gasteiger partial charge in [0.15, 0.2) is 11.6 Å². The van der Waals surface area contributed by atoms with E-state index in [-0.39, 0.29) is 11.6 Å². The van der Waals surface area contributed by atoms with Gasteiger partial charge >= 0.3 is 0 Å².